The predicted molar refractivity (Wildman–Crippen MR) is 95.8 cm³/mol. The predicted octanol–water partition coefficient (Wildman–Crippen LogP) is 3.09. The molecule has 1 aliphatic rings. The molecule has 1 aliphatic heterocycles. The summed E-state index contributed by atoms with van der Waals surface area (Å²) in [7, 11) is 1.66. The van der Waals surface area contributed by atoms with Crippen molar-refractivity contribution in [2.45, 2.75) is 45.2 Å². The highest BCUT2D eigenvalue weighted by Crippen LogP contribution is 2.28. The van der Waals surface area contributed by atoms with Crippen molar-refractivity contribution in [2.75, 3.05) is 13.7 Å². The molecule has 6 heteroatoms. The van der Waals surface area contributed by atoms with E-state index < -0.39 is 0 Å². The highest BCUT2D eigenvalue weighted by atomic mass is 16.5. The van der Waals surface area contributed by atoms with Crippen LogP contribution in [-0.4, -0.2) is 28.4 Å². The Kier molecular flexibility index (Phi) is 4.70. The summed E-state index contributed by atoms with van der Waals surface area (Å²) in [6.45, 7) is 2.60. The van der Waals surface area contributed by atoms with Crippen molar-refractivity contribution >= 4 is 11.0 Å². The number of furan rings is 1. The summed E-state index contributed by atoms with van der Waals surface area (Å²) in [4.78, 5) is 0. The van der Waals surface area contributed by atoms with Crippen molar-refractivity contribution in [3.63, 3.8) is 0 Å². The van der Waals surface area contributed by atoms with Crippen LogP contribution in [0.2, 0.25) is 0 Å². The van der Waals surface area contributed by atoms with Crippen LogP contribution in [0.5, 0.6) is 5.75 Å². The summed E-state index contributed by atoms with van der Waals surface area (Å²) in [6, 6.07) is 8.00. The van der Waals surface area contributed by atoms with E-state index in [1.54, 1.807) is 7.11 Å². The third kappa shape index (κ3) is 3.39. The van der Waals surface area contributed by atoms with Gasteiger partial charge < -0.3 is 19.0 Å². The SMILES string of the molecule is COc1cccc2cc(CNCCc3nnc4n3CCCCC4)oc12. The minimum atomic E-state index is 0.693. The highest BCUT2D eigenvalue weighted by molar-refractivity contribution is 5.83. The molecule has 4 rings (SSSR count). The molecule has 0 unspecified atom stereocenters. The molecule has 6 nitrogen and oxygen atoms in total. The molecule has 0 bridgehead atoms. The van der Waals surface area contributed by atoms with Gasteiger partial charge in [-0.25, -0.2) is 0 Å². The maximum Gasteiger partial charge on any atom is 0.176 e. The summed E-state index contributed by atoms with van der Waals surface area (Å²) >= 11 is 0. The van der Waals surface area contributed by atoms with Gasteiger partial charge in [-0.15, -0.1) is 10.2 Å². The first-order valence-electron chi connectivity index (χ1n) is 9.02. The van der Waals surface area contributed by atoms with Crippen LogP contribution in [0.25, 0.3) is 11.0 Å². The van der Waals surface area contributed by atoms with Gasteiger partial charge in [0.15, 0.2) is 11.3 Å². The molecule has 1 aromatic carbocycles. The maximum atomic E-state index is 5.91. The van der Waals surface area contributed by atoms with Crippen LogP contribution in [0.3, 0.4) is 0 Å². The van der Waals surface area contributed by atoms with Gasteiger partial charge in [-0.1, -0.05) is 18.6 Å². The van der Waals surface area contributed by atoms with Crippen molar-refractivity contribution < 1.29 is 9.15 Å². The Labute approximate surface area is 147 Å². The van der Waals surface area contributed by atoms with Crippen LogP contribution in [0.4, 0.5) is 0 Å². The van der Waals surface area contributed by atoms with E-state index in [0.29, 0.717) is 6.54 Å². The number of rotatable bonds is 6. The van der Waals surface area contributed by atoms with Crippen LogP contribution in [0, 0.1) is 0 Å². The Morgan fingerprint density at radius 1 is 1.24 bits per heavy atom. The van der Waals surface area contributed by atoms with E-state index in [1.165, 1.54) is 19.3 Å². The van der Waals surface area contributed by atoms with Gasteiger partial charge in [0, 0.05) is 31.3 Å². The van der Waals surface area contributed by atoms with Crippen molar-refractivity contribution in [1.82, 2.24) is 20.1 Å². The van der Waals surface area contributed by atoms with Gasteiger partial charge in [-0.05, 0) is 25.0 Å². The smallest absolute Gasteiger partial charge is 0.176 e. The van der Waals surface area contributed by atoms with E-state index in [9.17, 15) is 0 Å². The molecule has 0 atom stereocenters. The van der Waals surface area contributed by atoms with E-state index in [-0.39, 0.29) is 0 Å². The fourth-order valence-corrected chi connectivity index (χ4v) is 3.48. The number of aryl methyl sites for hydroxylation is 1. The summed E-state index contributed by atoms with van der Waals surface area (Å²) < 4.78 is 13.6. The van der Waals surface area contributed by atoms with E-state index >= 15 is 0 Å². The lowest BCUT2D eigenvalue weighted by Gasteiger charge is -2.07. The second kappa shape index (κ2) is 7.27. The topological polar surface area (TPSA) is 65.1 Å². The number of ether oxygens (including phenoxy) is 1. The van der Waals surface area contributed by atoms with Gasteiger partial charge in [0.05, 0.1) is 13.7 Å². The number of nitrogens with one attached hydrogen (secondary N) is 1. The molecule has 0 amide bonds. The van der Waals surface area contributed by atoms with E-state index in [4.69, 9.17) is 9.15 Å². The lowest BCUT2D eigenvalue weighted by atomic mass is 10.2. The van der Waals surface area contributed by atoms with Gasteiger partial charge in [-0.3, -0.25) is 0 Å². The number of aromatic nitrogens is 3. The number of para-hydroxylation sites is 1. The monoisotopic (exact) mass is 340 g/mol. The first-order valence-corrected chi connectivity index (χ1v) is 9.02. The molecule has 3 aromatic rings. The zero-order valence-corrected chi connectivity index (χ0v) is 14.6. The molecule has 132 valence electrons. The van der Waals surface area contributed by atoms with Crippen LogP contribution in [-0.2, 0) is 25.9 Å². The molecule has 0 saturated heterocycles. The van der Waals surface area contributed by atoms with E-state index in [2.05, 4.69) is 26.1 Å². The Bertz CT molecular complexity index is 852. The fourth-order valence-electron chi connectivity index (χ4n) is 3.48. The highest BCUT2D eigenvalue weighted by Gasteiger charge is 2.14. The standard InChI is InChI=1S/C19H24N4O2/c1-24-16-7-5-6-14-12-15(25-19(14)16)13-20-10-9-18-22-21-17-8-3-2-4-11-23(17)18/h5-7,12,20H,2-4,8-11,13H2,1H3. The summed E-state index contributed by atoms with van der Waals surface area (Å²) in [5.74, 6) is 3.93. The average molecular weight is 340 g/mol. The number of benzene rings is 1. The summed E-state index contributed by atoms with van der Waals surface area (Å²) in [5.41, 5.74) is 0.810. The first-order chi connectivity index (χ1) is 12.3. The molecular formula is C19H24N4O2. The zero-order chi connectivity index (χ0) is 17.1. The van der Waals surface area contributed by atoms with Crippen LogP contribution >= 0.6 is 0 Å². The molecule has 0 radical (unpaired) electrons. The first kappa shape index (κ1) is 16.1. The normalized spacial score (nSPS) is 14.4. The Morgan fingerprint density at radius 3 is 3.12 bits per heavy atom. The molecule has 1 N–H and O–H groups in total. The maximum absolute atomic E-state index is 5.91. The number of hydrogen-bond acceptors (Lipinski definition) is 5. The van der Waals surface area contributed by atoms with Gasteiger partial charge in [0.2, 0.25) is 0 Å². The number of hydrogen-bond donors (Lipinski definition) is 1. The van der Waals surface area contributed by atoms with Gasteiger partial charge >= 0.3 is 0 Å². The Balaban J connectivity index is 1.35. The summed E-state index contributed by atoms with van der Waals surface area (Å²) in [6.07, 6.45) is 5.69. The minimum Gasteiger partial charge on any atom is -0.493 e. The summed E-state index contributed by atoms with van der Waals surface area (Å²) in [5, 5.41) is 13.2. The molecule has 0 aliphatic carbocycles. The molecule has 0 saturated carbocycles. The van der Waals surface area contributed by atoms with Gasteiger partial charge in [0.1, 0.15) is 17.4 Å². The molecular weight excluding hydrogens is 316 g/mol. The average Bonchev–Trinajstić information content (AvgIpc) is 3.14. The molecule has 0 fully saturated rings. The van der Waals surface area contributed by atoms with Gasteiger partial charge in [-0.2, -0.15) is 0 Å². The fraction of sp³-hybridized carbons (Fsp3) is 0.474. The third-order valence-electron chi connectivity index (χ3n) is 4.79. The van der Waals surface area contributed by atoms with Crippen molar-refractivity contribution in [3.8, 4) is 5.75 Å². The molecule has 0 spiro atoms. The van der Waals surface area contributed by atoms with Crippen LogP contribution < -0.4 is 10.1 Å². The van der Waals surface area contributed by atoms with Crippen LogP contribution in [0.15, 0.2) is 28.7 Å². The van der Waals surface area contributed by atoms with Crippen molar-refractivity contribution in [2.24, 2.45) is 0 Å². The zero-order valence-electron chi connectivity index (χ0n) is 14.6. The van der Waals surface area contributed by atoms with Crippen molar-refractivity contribution in [1.29, 1.82) is 0 Å². The minimum absolute atomic E-state index is 0.693. The Hall–Kier alpha value is -2.34. The molecule has 3 heterocycles. The second-order valence-electron chi connectivity index (χ2n) is 6.51. The second-order valence-corrected chi connectivity index (χ2v) is 6.51. The van der Waals surface area contributed by atoms with Crippen LogP contribution in [0.1, 0.15) is 36.7 Å². The Morgan fingerprint density at radius 2 is 2.20 bits per heavy atom. The molecule has 2 aromatic heterocycles. The number of fused-ring (bicyclic) bond motifs is 2. The number of nitrogens with zero attached hydrogens (tertiary/aromatic N) is 3. The lowest BCUT2D eigenvalue weighted by Crippen LogP contribution is -2.18. The largest absolute Gasteiger partial charge is 0.493 e. The number of methoxy groups -OCH3 is 1. The van der Waals surface area contributed by atoms with E-state index in [0.717, 1.165) is 60.1 Å². The van der Waals surface area contributed by atoms with Gasteiger partial charge in [0.25, 0.3) is 0 Å². The lowest BCUT2D eigenvalue weighted by molar-refractivity contribution is 0.406. The van der Waals surface area contributed by atoms with Crippen molar-refractivity contribution in [3.05, 3.63) is 41.7 Å². The third-order valence-corrected chi connectivity index (χ3v) is 4.79. The quantitative estimate of drug-likeness (QED) is 0.699. The molecule has 25 heavy (non-hydrogen) atoms. The van der Waals surface area contributed by atoms with E-state index in [1.807, 2.05) is 18.2 Å².